The van der Waals surface area contributed by atoms with Gasteiger partial charge in [-0.05, 0) is 24.7 Å². The van der Waals surface area contributed by atoms with E-state index in [9.17, 15) is 4.79 Å². The molecule has 2 unspecified atom stereocenters. The summed E-state index contributed by atoms with van der Waals surface area (Å²) in [5.74, 6) is 0.0634. The number of nitrogens with zero attached hydrogens (tertiary/aromatic N) is 2. The van der Waals surface area contributed by atoms with Crippen molar-refractivity contribution in [1.82, 2.24) is 9.80 Å². The first-order valence-electron chi connectivity index (χ1n) is 9.23. The van der Waals surface area contributed by atoms with E-state index in [0.29, 0.717) is 0 Å². The van der Waals surface area contributed by atoms with Crippen LogP contribution in [0.4, 0.5) is 5.69 Å². The molecule has 0 aromatic heterocycles. The van der Waals surface area contributed by atoms with Crippen LogP contribution in [0, 0.1) is 5.92 Å². The Morgan fingerprint density at radius 2 is 1.61 bits per heavy atom. The number of hydrogen-bond acceptors (Lipinski definition) is 4. The Balaban J connectivity index is 0.00000140. The van der Waals surface area contributed by atoms with Gasteiger partial charge in [0.15, 0.2) is 0 Å². The van der Waals surface area contributed by atoms with E-state index in [-0.39, 0.29) is 41.9 Å². The van der Waals surface area contributed by atoms with Gasteiger partial charge in [0.2, 0.25) is 5.91 Å². The highest BCUT2D eigenvalue weighted by molar-refractivity contribution is 7.99. The van der Waals surface area contributed by atoms with Crippen LogP contribution in [0.2, 0.25) is 0 Å². The molecular formula is C21H27Cl2N3OS. The standard InChI is InChI=1S/C21H25N3OS.2ClH/c1-23-11-13-24(14-12-23)15-17-20(16-7-3-2-4-8-16)26-19-10-6-5-9-18(19)22-21(17)25;;/h2-10,17,20H,11-15H2,1H3,(H,22,25);2*1H. The third kappa shape index (κ3) is 5.22. The molecule has 2 aromatic carbocycles. The number of benzene rings is 2. The first kappa shape index (κ1) is 23.0. The molecule has 2 aromatic rings. The maximum atomic E-state index is 13.1. The third-order valence-corrected chi connectivity index (χ3v) is 6.74. The molecule has 4 rings (SSSR count). The smallest absolute Gasteiger partial charge is 0.230 e. The van der Waals surface area contributed by atoms with Crippen LogP contribution in [-0.4, -0.2) is 55.5 Å². The average Bonchev–Trinajstić information content (AvgIpc) is 2.81. The summed E-state index contributed by atoms with van der Waals surface area (Å²) in [6.07, 6.45) is 0. The number of amides is 1. The molecule has 28 heavy (non-hydrogen) atoms. The number of likely N-dealkylation sites (N-methyl/N-ethyl adjacent to an activating group) is 1. The summed E-state index contributed by atoms with van der Waals surface area (Å²) in [4.78, 5) is 19.1. The van der Waals surface area contributed by atoms with Crippen molar-refractivity contribution < 1.29 is 4.79 Å². The molecule has 0 radical (unpaired) electrons. The minimum atomic E-state index is -0.0711. The molecule has 1 saturated heterocycles. The van der Waals surface area contributed by atoms with E-state index in [1.807, 2.05) is 36.0 Å². The number of halogens is 2. The highest BCUT2D eigenvalue weighted by atomic mass is 35.5. The van der Waals surface area contributed by atoms with Crippen LogP contribution in [0.5, 0.6) is 0 Å². The summed E-state index contributed by atoms with van der Waals surface area (Å²) in [5, 5.41) is 3.30. The molecule has 7 heteroatoms. The molecule has 0 saturated carbocycles. The number of nitrogens with one attached hydrogen (secondary N) is 1. The van der Waals surface area contributed by atoms with Crippen LogP contribution >= 0.6 is 36.6 Å². The normalized spacial score (nSPS) is 22.8. The minimum absolute atomic E-state index is 0. The number of thioether (sulfide) groups is 1. The van der Waals surface area contributed by atoms with E-state index < -0.39 is 0 Å². The number of rotatable bonds is 3. The third-order valence-electron chi connectivity index (χ3n) is 5.28. The lowest BCUT2D eigenvalue weighted by molar-refractivity contribution is -0.120. The zero-order valence-corrected chi connectivity index (χ0v) is 18.4. The van der Waals surface area contributed by atoms with E-state index >= 15 is 0 Å². The molecule has 2 aliphatic rings. The Morgan fingerprint density at radius 1 is 0.964 bits per heavy atom. The van der Waals surface area contributed by atoms with Crippen molar-refractivity contribution in [1.29, 1.82) is 0 Å². The quantitative estimate of drug-likeness (QED) is 0.777. The van der Waals surface area contributed by atoms with Gasteiger partial charge in [-0.3, -0.25) is 9.69 Å². The van der Waals surface area contributed by atoms with Gasteiger partial charge in [-0.15, -0.1) is 36.6 Å². The number of piperazine rings is 1. The van der Waals surface area contributed by atoms with Gasteiger partial charge in [0.1, 0.15) is 0 Å². The van der Waals surface area contributed by atoms with Crippen LogP contribution in [-0.2, 0) is 4.79 Å². The molecule has 0 bridgehead atoms. The van der Waals surface area contributed by atoms with Crippen LogP contribution in [0.1, 0.15) is 10.8 Å². The predicted octanol–water partition coefficient (Wildman–Crippen LogP) is 4.18. The number of anilines is 1. The maximum Gasteiger partial charge on any atom is 0.230 e. The molecule has 0 aliphatic carbocycles. The molecule has 1 N–H and O–H groups in total. The van der Waals surface area contributed by atoms with E-state index in [0.717, 1.165) is 43.3 Å². The van der Waals surface area contributed by atoms with Crippen molar-refractivity contribution in [3.63, 3.8) is 0 Å². The summed E-state index contributed by atoms with van der Waals surface area (Å²) >= 11 is 1.81. The van der Waals surface area contributed by atoms with Gasteiger partial charge >= 0.3 is 0 Å². The van der Waals surface area contributed by atoms with Crippen molar-refractivity contribution in [2.75, 3.05) is 45.1 Å². The van der Waals surface area contributed by atoms with E-state index in [4.69, 9.17) is 0 Å². The summed E-state index contributed by atoms with van der Waals surface area (Å²) in [5.41, 5.74) is 2.16. The maximum absolute atomic E-state index is 13.1. The monoisotopic (exact) mass is 439 g/mol. The van der Waals surface area contributed by atoms with Crippen LogP contribution in [0.25, 0.3) is 0 Å². The number of carbonyl (C=O) groups excluding carboxylic acids is 1. The second-order valence-corrected chi connectivity index (χ2v) is 8.33. The lowest BCUT2D eigenvalue weighted by Gasteiger charge is -2.35. The van der Waals surface area contributed by atoms with Crippen LogP contribution in [0.3, 0.4) is 0 Å². The van der Waals surface area contributed by atoms with E-state index in [2.05, 4.69) is 52.5 Å². The van der Waals surface area contributed by atoms with E-state index in [1.165, 1.54) is 5.56 Å². The first-order chi connectivity index (χ1) is 12.7. The Bertz CT molecular complexity index is 769. The molecular weight excluding hydrogens is 413 g/mol. The van der Waals surface area contributed by atoms with Crippen molar-refractivity contribution >= 4 is 48.2 Å². The van der Waals surface area contributed by atoms with Gasteiger partial charge in [-0.1, -0.05) is 42.5 Å². The Kier molecular flexibility index (Phi) is 8.65. The van der Waals surface area contributed by atoms with Crippen LogP contribution in [0.15, 0.2) is 59.5 Å². The molecule has 2 aliphatic heterocycles. The zero-order chi connectivity index (χ0) is 17.9. The second-order valence-electron chi connectivity index (χ2n) is 7.14. The van der Waals surface area contributed by atoms with Gasteiger partial charge in [-0.2, -0.15) is 0 Å². The van der Waals surface area contributed by atoms with Crippen molar-refractivity contribution in [3.8, 4) is 0 Å². The lowest BCUT2D eigenvalue weighted by atomic mass is 9.96. The summed E-state index contributed by atoms with van der Waals surface area (Å²) in [6.45, 7) is 4.99. The molecule has 0 spiro atoms. The Morgan fingerprint density at radius 3 is 2.32 bits per heavy atom. The number of carbonyl (C=O) groups is 1. The highest BCUT2D eigenvalue weighted by Gasteiger charge is 2.35. The minimum Gasteiger partial charge on any atom is -0.325 e. The van der Waals surface area contributed by atoms with Crippen molar-refractivity contribution in [2.24, 2.45) is 5.92 Å². The van der Waals surface area contributed by atoms with Gasteiger partial charge in [0, 0.05) is 42.9 Å². The average molecular weight is 440 g/mol. The van der Waals surface area contributed by atoms with Crippen LogP contribution < -0.4 is 5.32 Å². The highest BCUT2D eigenvalue weighted by Crippen LogP contribution is 2.46. The Labute approximate surface area is 183 Å². The zero-order valence-electron chi connectivity index (χ0n) is 15.9. The van der Waals surface area contributed by atoms with Gasteiger partial charge < -0.3 is 10.2 Å². The summed E-state index contributed by atoms with van der Waals surface area (Å²) in [7, 11) is 2.16. The number of fused-ring (bicyclic) bond motifs is 1. The van der Waals surface area contributed by atoms with Crippen molar-refractivity contribution in [3.05, 3.63) is 60.2 Å². The fourth-order valence-electron chi connectivity index (χ4n) is 3.68. The molecule has 1 amide bonds. The van der Waals surface area contributed by atoms with Gasteiger partial charge in [0.05, 0.1) is 11.6 Å². The topological polar surface area (TPSA) is 35.6 Å². The Hall–Kier alpha value is -1.24. The molecule has 4 nitrogen and oxygen atoms in total. The van der Waals surface area contributed by atoms with Gasteiger partial charge in [0.25, 0.3) is 0 Å². The summed E-state index contributed by atoms with van der Waals surface area (Å²) in [6, 6.07) is 18.6. The predicted molar refractivity (Wildman–Crippen MR) is 122 cm³/mol. The fraction of sp³-hybridized carbons (Fsp3) is 0.381. The van der Waals surface area contributed by atoms with Gasteiger partial charge in [-0.25, -0.2) is 0 Å². The largest absolute Gasteiger partial charge is 0.325 e. The summed E-state index contributed by atoms with van der Waals surface area (Å²) < 4.78 is 0. The van der Waals surface area contributed by atoms with E-state index in [1.54, 1.807) is 0 Å². The molecule has 2 atom stereocenters. The second kappa shape index (κ2) is 10.5. The number of para-hydroxylation sites is 1. The lowest BCUT2D eigenvalue weighted by Crippen LogP contribution is -2.48. The molecule has 1 fully saturated rings. The van der Waals surface area contributed by atoms with Crippen molar-refractivity contribution in [2.45, 2.75) is 10.1 Å². The first-order valence-corrected chi connectivity index (χ1v) is 10.1. The fourth-order valence-corrected chi connectivity index (χ4v) is 5.03. The molecule has 152 valence electrons. The molecule has 2 heterocycles. The number of hydrogen-bond donors (Lipinski definition) is 1. The SMILES string of the molecule is CN1CCN(CC2C(=O)Nc3ccccc3SC2c2ccccc2)CC1.Cl.Cl.